The van der Waals surface area contributed by atoms with Crippen LogP contribution in [0.4, 0.5) is 0 Å². The highest BCUT2D eigenvalue weighted by molar-refractivity contribution is 6.01. The largest absolute Gasteiger partial charge is 0.508 e. The van der Waals surface area contributed by atoms with E-state index in [4.69, 9.17) is 10.5 Å². The van der Waals surface area contributed by atoms with Crippen LogP contribution in [0.1, 0.15) is 54.1 Å². The Kier molecular flexibility index (Phi) is 11.5. The van der Waals surface area contributed by atoms with E-state index >= 15 is 0 Å². The van der Waals surface area contributed by atoms with Crippen molar-refractivity contribution in [1.82, 2.24) is 20.4 Å². The van der Waals surface area contributed by atoms with Gasteiger partial charge in [0, 0.05) is 32.9 Å². The fraction of sp³-hybridized carbons (Fsp3) is 0.351. The van der Waals surface area contributed by atoms with Crippen LogP contribution in [0.25, 0.3) is 0 Å². The van der Waals surface area contributed by atoms with Gasteiger partial charge in [0.15, 0.2) is 0 Å². The summed E-state index contributed by atoms with van der Waals surface area (Å²) in [6.45, 7) is 1.78. The lowest BCUT2D eigenvalue weighted by molar-refractivity contribution is -0.143. The van der Waals surface area contributed by atoms with Gasteiger partial charge in [0.25, 0.3) is 5.91 Å². The molecule has 0 radical (unpaired) electrons. The number of nitrogens with zero attached hydrogens (tertiary/aromatic N) is 2. The second-order valence-electron chi connectivity index (χ2n) is 12.5. The van der Waals surface area contributed by atoms with Crippen molar-refractivity contribution in [2.24, 2.45) is 5.73 Å². The number of hydrogen-bond donors (Lipinski definition) is 4. The number of likely N-dealkylation sites (tertiary alicyclic amines) is 2. The molecule has 0 aromatic heterocycles. The van der Waals surface area contributed by atoms with Gasteiger partial charge in [0.05, 0.1) is 5.56 Å². The fourth-order valence-electron chi connectivity index (χ4n) is 6.55. The van der Waals surface area contributed by atoms with E-state index in [0.717, 1.165) is 5.56 Å². The number of rotatable bonds is 12. The van der Waals surface area contributed by atoms with Gasteiger partial charge in [0.1, 0.15) is 35.7 Å². The topological polar surface area (TPSA) is 188 Å². The first-order valence-corrected chi connectivity index (χ1v) is 16.6. The summed E-state index contributed by atoms with van der Waals surface area (Å²) < 4.78 is 5.21. The second-order valence-corrected chi connectivity index (χ2v) is 12.5. The van der Waals surface area contributed by atoms with Crippen LogP contribution in [0.15, 0.2) is 78.9 Å². The number of aromatic hydroxyl groups is 1. The Labute approximate surface area is 289 Å². The van der Waals surface area contributed by atoms with Crippen LogP contribution >= 0.6 is 0 Å². The summed E-state index contributed by atoms with van der Waals surface area (Å²) in [5.74, 6) is -3.31. The van der Waals surface area contributed by atoms with Crippen molar-refractivity contribution in [2.45, 2.75) is 69.6 Å². The highest BCUT2D eigenvalue weighted by Gasteiger charge is 2.41. The zero-order valence-corrected chi connectivity index (χ0v) is 27.7. The number of nitrogens with one attached hydrogen (secondary N) is 2. The monoisotopic (exact) mass is 683 g/mol. The number of phenolic OH excluding ortho intramolecular Hbond substituents is 1. The van der Waals surface area contributed by atoms with E-state index in [-0.39, 0.29) is 36.4 Å². The number of carbonyl (C=O) groups is 6. The standard InChI is InChI=1S/C37H41N5O8/c1-23(43)50-32-14-6-5-11-27(32)34(46)39-28(22-25-15-17-26(44)18-16-25)37(49)42-20-8-13-31(42)35(47)40-29(21-24-9-3-2-4-10-24)36(48)41-19-7-12-30(41)33(38)45/h2-6,9-11,14-18,28-31,44H,7-8,12-13,19-22H2,1H3,(H2,38,45)(H,39,46)(H,40,47)/t28-,29-,30-,31-/m0/s1. The first-order valence-electron chi connectivity index (χ1n) is 16.6. The van der Waals surface area contributed by atoms with Crippen LogP contribution in [0.2, 0.25) is 0 Å². The first-order chi connectivity index (χ1) is 24.0. The summed E-state index contributed by atoms with van der Waals surface area (Å²) in [5.41, 5.74) is 7.07. The van der Waals surface area contributed by atoms with Crippen LogP contribution in [0.3, 0.4) is 0 Å². The number of phenols is 1. The van der Waals surface area contributed by atoms with E-state index in [1.54, 1.807) is 24.3 Å². The minimum Gasteiger partial charge on any atom is -0.508 e. The Morgan fingerprint density at radius 3 is 1.92 bits per heavy atom. The van der Waals surface area contributed by atoms with Gasteiger partial charge >= 0.3 is 5.97 Å². The van der Waals surface area contributed by atoms with Crippen LogP contribution in [0.5, 0.6) is 11.5 Å². The summed E-state index contributed by atoms with van der Waals surface area (Å²) in [6.07, 6.45) is 2.07. The van der Waals surface area contributed by atoms with Crippen LogP contribution < -0.4 is 21.1 Å². The molecular weight excluding hydrogens is 642 g/mol. The normalized spacial score (nSPS) is 18.2. The summed E-state index contributed by atoms with van der Waals surface area (Å²) in [7, 11) is 0. The minimum absolute atomic E-state index is 0.0254. The van der Waals surface area contributed by atoms with E-state index in [2.05, 4.69) is 10.6 Å². The Hall–Kier alpha value is -5.72. The SMILES string of the molecule is CC(=O)Oc1ccccc1C(=O)N[C@@H](Cc1ccc(O)cc1)C(=O)N1CCC[C@H]1C(=O)N[C@@H](Cc1ccccc1)C(=O)N1CCC[C@H]1C(N)=O. The van der Waals surface area contributed by atoms with Crippen molar-refractivity contribution in [3.63, 3.8) is 0 Å². The predicted octanol–water partition coefficient (Wildman–Crippen LogP) is 1.85. The third-order valence-electron chi connectivity index (χ3n) is 8.97. The molecule has 50 heavy (non-hydrogen) atoms. The molecule has 13 nitrogen and oxygen atoms in total. The number of hydrogen-bond acceptors (Lipinski definition) is 8. The molecule has 2 heterocycles. The molecule has 3 aromatic rings. The maximum Gasteiger partial charge on any atom is 0.308 e. The van der Waals surface area contributed by atoms with E-state index in [0.29, 0.717) is 37.8 Å². The molecule has 5 N–H and O–H groups in total. The Morgan fingerprint density at radius 2 is 1.30 bits per heavy atom. The predicted molar refractivity (Wildman–Crippen MR) is 182 cm³/mol. The van der Waals surface area contributed by atoms with Gasteiger partial charge in [-0.05, 0) is 61.1 Å². The first kappa shape index (κ1) is 35.6. The van der Waals surface area contributed by atoms with Crippen molar-refractivity contribution in [3.05, 3.63) is 95.6 Å². The third kappa shape index (κ3) is 8.65. The molecule has 2 aliphatic heterocycles. The molecule has 0 spiro atoms. The van der Waals surface area contributed by atoms with Gasteiger partial charge in [-0.1, -0.05) is 54.6 Å². The number of carbonyl (C=O) groups excluding carboxylic acids is 6. The zero-order chi connectivity index (χ0) is 35.8. The number of ether oxygens (including phenoxy) is 1. The van der Waals surface area contributed by atoms with Gasteiger partial charge < -0.3 is 36.0 Å². The fourth-order valence-corrected chi connectivity index (χ4v) is 6.55. The molecule has 0 bridgehead atoms. The molecule has 2 saturated heterocycles. The summed E-state index contributed by atoms with van der Waals surface area (Å²) >= 11 is 0. The number of amides is 5. The van der Waals surface area contributed by atoms with Crippen molar-refractivity contribution >= 4 is 35.5 Å². The molecule has 0 unspecified atom stereocenters. The zero-order valence-electron chi connectivity index (χ0n) is 27.7. The number of para-hydroxylation sites is 1. The lowest BCUT2D eigenvalue weighted by atomic mass is 10.0. The highest BCUT2D eigenvalue weighted by atomic mass is 16.5. The van der Waals surface area contributed by atoms with Crippen molar-refractivity contribution in [1.29, 1.82) is 0 Å². The molecule has 5 rings (SSSR count). The third-order valence-corrected chi connectivity index (χ3v) is 8.97. The minimum atomic E-state index is -1.14. The molecule has 2 fully saturated rings. The summed E-state index contributed by atoms with van der Waals surface area (Å²) in [4.78, 5) is 82.3. The van der Waals surface area contributed by atoms with Crippen LogP contribution in [-0.4, -0.2) is 87.7 Å². The van der Waals surface area contributed by atoms with E-state index in [1.807, 2.05) is 30.3 Å². The molecular formula is C37H41N5O8. The lowest BCUT2D eigenvalue weighted by Crippen LogP contribution is -2.58. The van der Waals surface area contributed by atoms with E-state index in [9.17, 15) is 33.9 Å². The number of primary amides is 1. The molecule has 262 valence electrons. The second kappa shape index (κ2) is 16.1. The van der Waals surface area contributed by atoms with Gasteiger partial charge in [-0.2, -0.15) is 0 Å². The van der Waals surface area contributed by atoms with E-state index < -0.39 is 59.7 Å². The number of benzene rings is 3. The maximum absolute atomic E-state index is 14.3. The summed E-state index contributed by atoms with van der Waals surface area (Å²) in [5, 5.41) is 15.4. The Bertz CT molecular complexity index is 1730. The highest BCUT2D eigenvalue weighted by Crippen LogP contribution is 2.24. The number of esters is 1. The van der Waals surface area contributed by atoms with Crippen molar-refractivity contribution in [3.8, 4) is 11.5 Å². The van der Waals surface area contributed by atoms with E-state index in [1.165, 1.54) is 41.0 Å². The maximum atomic E-state index is 14.3. The smallest absolute Gasteiger partial charge is 0.308 e. The average molecular weight is 684 g/mol. The van der Waals surface area contributed by atoms with Gasteiger partial charge in [0.2, 0.25) is 23.6 Å². The quantitative estimate of drug-likeness (QED) is 0.164. The van der Waals surface area contributed by atoms with Gasteiger partial charge in [-0.3, -0.25) is 28.8 Å². The molecule has 2 aliphatic rings. The number of nitrogens with two attached hydrogens (primary N) is 1. The Balaban J connectivity index is 1.38. The molecule has 5 amide bonds. The van der Waals surface area contributed by atoms with Gasteiger partial charge in [-0.15, -0.1) is 0 Å². The van der Waals surface area contributed by atoms with Crippen molar-refractivity contribution in [2.75, 3.05) is 13.1 Å². The lowest BCUT2D eigenvalue weighted by Gasteiger charge is -2.31. The molecule has 0 saturated carbocycles. The molecule has 3 aromatic carbocycles. The molecule has 0 aliphatic carbocycles. The molecule has 13 heteroatoms. The summed E-state index contributed by atoms with van der Waals surface area (Å²) in [6, 6.07) is 17.6. The van der Waals surface area contributed by atoms with Gasteiger partial charge in [-0.25, -0.2) is 0 Å². The molecule has 4 atom stereocenters. The average Bonchev–Trinajstić information content (AvgIpc) is 3.80. The van der Waals surface area contributed by atoms with Crippen LogP contribution in [-0.2, 0) is 36.8 Å². The van der Waals surface area contributed by atoms with Crippen molar-refractivity contribution < 1.29 is 38.6 Å². The van der Waals surface area contributed by atoms with Crippen LogP contribution in [0, 0.1) is 0 Å². The Morgan fingerprint density at radius 1 is 0.760 bits per heavy atom.